The fourth-order valence-electron chi connectivity index (χ4n) is 0. The van der Waals surface area contributed by atoms with Gasteiger partial charge in [-0.05, 0) is 0 Å². The van der Waals surface area contributed by atoms with Crippen molar-refractivity contribution in [3.63, 3.8) is 0 Å². The van der Waals surface area contributed by atoms with Crippen LogP contribution in [0.5, 0.6) is 0 Å². The van der Waals surface area contributed by atoms with Gasteiger partial charge in [-0.25, -0.2) is 0 Å². The third-order valence-electron chi connectivity index (χ3n) is 0. The molecule has 5 heavy (non-hydrogen) atoms. The minimum absolute atomic E-state index is 1.25. The van der Waals surface area contributed by atoms with Crippen LogP contribution in [0, 0.1) is 0 Å². The van der Waals surface area contributed by atoms with Gasteiger partial charge in [0.2, 0.25) is 0 Å². The molecule has 0 bridgehead atoms. The van der Waals surface area contributed by atoms with Gasteiger partial charge in [0.1, 0.15) is 0 Å². The SMILES string of the molecule is [Li][CH2]C.[Li][CH3]. The summed E-state index contributed by atoms with van der Waals surface area (Å²) in [5.74, 6) is 0. The molecule has 0 atom stereocenters. The quantitative estimate of drug-likeness (QED) is 0.361. The molecule has 0 radical (unpaired) electrons. The molecular weight excluding hydrogens is 49.9 g/mol. The molecule has 0 aliphatic rings. The molecule has 0 unspecified atom stereocenters. The van der Waals surface area contributed by atoms with Crippen LogP contribution in [0.3, 0.4) is 0 Å². The van der Waals surface area contributed by atoms with Crippen molar-refractivity contribution >= 4 is 35.4 Å². The molecule has 2 heteroatoms. The second-order valence-electron chi connectivity index (χ2n) is 0.707. The molecule has 0 aromatic carbocycles. The molecule has 0 heterocycles. The van der Waals surface area contributed by atoms with E-state index in [1.54, 1.807) is 0 Å². The fraction of sp³-hybridized carbons (Fsp3) is 1.00. The average Bonchev–Trinajstić information content (AvgIpc) is 1.46. The van der Waals surface area contributed by atoms with Crippen LogP contribution in [0.25, 0.3) is 0 Å². The number of hydrogen-bond acceptors (Lipinski definition) is 0. The van der Waals surface area contributed by atoms with Gasteiger partial charge in [-0.2, -0.15) is 0 Å². The van der Waals surface area contributed by atoms with E-state index in [1.165, 1.54) is 5.09 Å². The van der Waals surface area contributed by atoms with Gasteiger partial charge in [0.25, 0.3) is 0 Å². The van der Waals surface area contributed by atoms with Crippen LogP contribution in [-0.2, 0) is 0 Å². The van der Waals surface area contributed by atoms with E-state index in [0.29, 0.717) is 0 Å². The zero-order valence-corrected chi connectivity index (χ0v) is 4.71. The molecule has 0 fully saturated rings. The summed E-state index contributed by atoms with van der Waals surface area (Å²) in [4.78, 5) is 0. The van der Waals surface area contributed by atoms with Gasteiger partial charge in [-0.3, -0.25) is 0 Å². The van der Waals surface area contributed by atoms with E-state index < -0.39 is 0 Å². The first-order chi connectivity index (χ1) is 2.41. The minimum atomic E-state index is 1.25. The van der Waals surface area contributed by atoms with E-state index in [2.05, 4.69) is 24.6 Å². The van der Waals surface area contributed by atoms with Crippen molar-refractivity contribution in [1.82, 2.24) is 0 Å². The van der Waals surface area contributed by atoms with Crippen molar-refractivity contribution in [3.8, 4) is 0 Å². The zero-order chi connectivity index (χ0) is 4.71. The molecule has 0 N–H and O–H groups in total. The van der Waals surface area contributed by atoms with Crippen molar-refractivity contribution in [3.05, 3.63) is 0 Å². The molecule has 0 rings (SSSR count). The molecule has 22 valence electrons. The maximum absolute atomic E-state index is 2.12. The summed E-state index contributed by atoms with van der Waals surface area (Å²) in [7, 11) is 0. The van der Waals surface area contributed by atoms with Crippen LogP contribution >= 0.6 is 0 Å². The molecule has 0 saturated heterocycles. The predicted octanol–water partition coefficient (Wildman–Crippen LogP) is 0.796. The van der Waals surface area contributed by atoms with Gasteiger partial charge in [-0.1, -0.05) is 0 Å². The first-order valence-electron chi connectivity index (χ1n) is 2.41. The van der Waals surface area contributed by atoms with E-state index in [0.717, 1.165) is 0 Å². The molecule has 0 aliphatic carbocycles. The Hall–Kier alpha value is 1.19. The van der Waals surface area contributed by atoms with E-state index in [1.807, 2.05) is 23.3 Å². The molecule has 0 amide bonds. The molecule has 0 nitrogen and oxygen atoms in total. The molecule has 0 spiro atoms. The first kappa shape index (κ1) is 9.50. The Balaban J connectivity index is 0. The maximum atomic E-state index is 2.12. The van der Waals surface area contributed by atoms with E-state index in [4.69, 9.17) is 0 Å². The Bertz CT molecular complexity index is 4.85. The average molecular weight is 58.0 g/mol. The summed E-state index contributed by atoms with van der Waals surface area (Å²) in [6, 6.07) is 0. The Labute approximate surface area is 53.1 Å². The Morgan fingerprint density at radius 3 is 1.40 bits per heavy atom. The summed E-state index contributed by atoms with van der Waals surface area (Å²) in [6.07, 6.45) is 0. The predicted molar refractivity (Wildman–Crippen MR) is 27.9 cm³/mol. The van der Waals surface area contributed by atoms with Crippen molar-refractivity contribution in [2.45, 2.75) is 17.6 Å². The van der Waals surface area contributed by atoms with Crippen molar-refractivity contribution < 1.29 is 0 Å². The molecular formula is C3H8Li2. The van der Waals surface area contributed by atoms with E-state index in [-0.39, 0.29) is 0 Å². The van der Waals surface area contributed by atoms with Crippen molar-refractivity contribution in [2.75, 3.05) is 0 Å². The van der Waals surface area contributed by atoms with Gasteiger partial charge in [0.05, 0.1) is 0 Å². The number of hydrogen-bond donors (Lipinski definition) is 0. The van der Waals surface area contributed by atoms with Crippen LogP contribution < -0.4 is 0 Å². The van der Waals surface area contributed by atoms with Gasteiger partial charge >= 0.3 is 53.0 Å². The summed E-state index contributed by atoms with van der Waals surface area (Å²) < 4.78 is 0. The molecule has 0 aliphatic heterocycles. The van der Waals surface area contributed by atoms with Crippen LogP contribution in [-0.4, -0.2) is 35.4 Å². The second kappa shape index (κ2) is 19.0. The van der Waals surface area contributed by atoms with Crippen LogP contribution in [0.4, 0.5) is 0 Å². The van der Waals surface area contributed by atoms with Crippen LogP contribution in [0.1, 0.15) is 6.92 Å². The van der Waals surface area contributed by atoms with E-state index >= 15 is 0 Å². The first-order valence-corrected chi connectivity index (χ1v) is 2.41. The Kier molecular flexibility index (Phi) is 36.1. The Morgan fingerprint density at radius 2 is 1.40 bits per heavy atom. The topological polar surface area (TPSA) is 0 Å². The normalized spacial score (nSPS) is 5.20. The van der Waals surface area contributed by atoms with Gasteiger partial charge in [0.15, 0.2) is 0 Å². The summed E-state index contributed by atoms with van der Waals surface area (Å²) in [6.45, 7) is 2.12. The van der Waals surface area contributed by atoms with Crippen molar-refractivity contribution in [2.24, 2.45) is 0 Å². The van der Waals surface area contributed by atoms with Crippen molar-refractivity contribution in [1.29, 1.82) is 0 Å². The molecule has 0 aromatic heterocycles. The van der Waals surface area contributed by atoms with Gasteiger partial charge in [-0.15, -0.1) is 0 Å². The van der Waals surface area contributed by atoms with Gasteiger partial charge < -0.3 is 0 Å². The third kappa shape index (κ3) is 37.1. The van der Waals surface area contributed by atoms with Gasteiger partial charge in [0, 0.05) is 0 Å². The molecule has 0 aromatic rings. The van der Waals surface area contributed by atoms with Crippen LogP contribution in [0.2, 0.25) is 10.7 Å². The summed E-state index contributed by atoms with van der Waals surface area (Å²) in [5.41, 5.74) is 2.00. The number of rotatable bonds is 0. The standard InChI is InChI=1S/C2H5.CH3.2Li/c1-2;;;/h1H2,2H3;1H3;;. The zero-order valence-electron chi connectivity index (χ0n) is 4.71. The fourth-order valence-corrected chi connectivity index (χ4v) is 0. The monoisotopic (exact) mass is 58.1 g/mol. The van der Waals surface area contributed by atoms with Crippen LogP contribution in [0.15, 0.2) is 0 Å². The molecule has 0 saturated carbocycles. The van der Waals surface area contributed by atoms with E-state index in [9.17, 15) is 0 Å². The third-order valence-corrected chi connectivity index (χ3v) is 0. The summed E-state index contributed by atoms with van der Waals surface area (Å²) in [5, 5.41) is 1.25. The Morgan fingerprint density at radius 1 is 1.40 bits per heavy atom. The second-order valence-corrected chi connectivity index (χ2v) is 0.707. The summed E-state index contributed by atoms with van der Waals surface area (Å²) >= 11 is 4.12.